The number of benzene rings is 1. The SMILES string of the molecule is O=C(COc1ccc(Cl)cc1-c1ccno1)N/N=C/c1ccco1. The molecule has 3 aromatic rings. The van der Waals surface area contributed by atoms with Crippen LogP contribution in [0.2, 0.25) is 5.02 Å². The summed E-state index contributed by atoms with van der Waals surface area (Å²) in [5, 5.41) is 7.93. The van der Waals surface area contributed by atoms with Crippen molar-refractivity contribution >= 4 is 23.7 Å². The maximum Gasteiger partial charge on any atom is 0.277 e. The first-order valence-corrected chi connectivity index (χ1v) is 7.29. The third kappa shape index (κ3) is 4.02. The van der Waals surface area contributed by atoms with E-state index in [1.165, 1.54) is 18.7 Å². The summed E-state index contributed by atoms with van der Waals surface area (Å²) in [6, 6.07) is 10.1. The summed E-state index contributed by atoms with van der Waals surface area (Å²) in [6.07, 6.45) is 4.41. The van der Waals surface area contributed by atoms with Gasteiger partial charge in [-0.25, -0.2) is 5.43 Å². The van der Waals surface area contributed by atoms with E-state index in [1.54, 1.807) is 36.4 Å². The number of carbonyl (C=O) groups excluding carboxylic acids is 1. The first kappa shape index (κ1) is 15.8. The average Bonchev–Trinajstić information content (AvgIpc) is 3.27. The van der Waals surface area contributed by atoms with Crippen LogP contribution in [0, 0.1) is 0 Å². The van der Waals surface area contributed by atoms with E-state index in [0.29, 0.717) is 27.9 Å². The molecule has 2 aromatic heterocycles. The third-order valence-corrected chi connectivity index (χ3v) is 3.16. The molecule has 1 N–H and O–H groups in total. The lowest BCUT2D eigenvalue weighted by Gasteiger charge is -2.09. The fourth-order valence-electron chi connectivity index (χ4n) is 1.88. The van der Waals surface area contributed by atoms with E-state index in [-0.39, 0.29) is 6.61 Å². The second-order valence-electron chi connectivity index (χ2n) is 4.61. The Balaban J connectivity index is 1.61. The number of amides is 1. The third-order valence-electron chi connectivity index (χ3n) is 2.93. The van der Waals surface area contributed by atoms with Gasteiger partial charge in [0.25, 0.3) is 5.91 Å². The molecule has 3 rings (SSSR count). The second-order valence-corrected chi connectivity index (χ2v) is 5.05. The fraction of sp³-hybridized carbons (Fsp3) is 0.0625. The van der Waals surface area contributed by atoms with Crippen LogP contribution in [0.15, 0.2) is 62.9 Å². The molecule has 24 heavy (non-hydrogen) atoms. The molecule has 1 aromatic carbocycles. The molecule has 7 nitrogen and oxygen atoms in total. The number of rotatable bonds is 6. The van der Waals surface area contributed by atoms with Gasteiger partial charge in [-0.1, -0.05) is 16.8 Å². The quantitative estimate of drug-likeness (QED) is 0.547. The maximum absolute atomic E-state index is 11.8. The van der Waals surface area contributed by atoms with Crippen molar-refractivity contribution in [1.82, 2.24) is 10.6 Å². The van der Waals surface area contributed by atoms with Crippen molar-refractivity contribution in [3.8, 4) is 17.1 Å². The molecule has 0 atom stereocenters. The molecule has 8 heteroatoms. The van der Waals surface area contributed by atoms with Gasteiger partial charge in [0.15, 0.2) is 12.4 Å². The van der Waals surface area contributed by atoms with Gasteiger partial charge in [-0.2, -0.15) is 5.10 Å². The Morgan fingerprint density at radius 3 is 3.04 bits per heavy atom. The summed E-state index contributed by atoms with van der Waals surface area (Å²) in [6.45, 7) is -0.224. The molecule has 0 bridgehead atoms. The van der Waals surface area contributed by atoms with Crippen molar-refractivity contribution in [3.63, 3.8) is 0 Å². The van der Waals surface area contributed by atoms with Gasteiger partial charge in [0.2, 0.25) is 0 Å². The smallest absolute Gasteiger partial charge is 0.277 e. The van der Waals surface area contributed by atoms with Crippen LogP contribution in [-0.4, -0.2) is 23.9 Å². The van der Waals surface area contributed by atoms with E-state index >= 15 is 0 Å². The van der Waals surface area contributed by atoms with Gasteiger partial charge in [0, 0.05) is 11.1 Å². The lowest BCUT2D eigenvalue weighted by atomic mass is 10.1. The van der Waals surface area contributed by atoms with Gasteiger partial charge in [-0.05, 0) is 30.3 Å². The van der Waals surface area contributed by atoms with Crippen molar-refractivity contribution in [3.05, 3.63) is 59.6 Å². The van der Waals surface area contributed by atoms with E-state index in [9.17, 15) is 4.79 Å². The summed E-state index contributed by atoms with van der Waals surface area (Å²) in [4.78, 5) is 11.8. The standard InChI is InChI=1S/C16H12ClN3O4/c17-11-3-4-14(13(8-11)15-5-6-19-24-15)23-10-16(21)20-18-9-12-2-1-7-22-12/h1-9H,10H2,(H,20,21)/b18-9+. The second kappa shape index (κ2) is 7.47. The average molecular weight is 346 g/mol. The molecule has 122 valence electrons. The van der Waals surface area contributed by atoms with Crippen LogP contribution in [0.1, 0.15) is 5.76 Å². The van der Waals surface area contributed by atoms with Gasteiger partial charge in [-0.15, -0.1) is 0 Å². The van der Waals surface area contributed by atoms with Crippen LogP contribution in [0.3, 0.4) is 0 Å². The van der Waals surface area contributed by atoms with Crippen LogP contribution < -0.4 is 10.2 Å². The Bertz CT molecular complexity index is 829. The molecular formula is C16H12ClN3O4. The Kier molecular flexibility index (Phi) is 4.93. The summed E-state index contributed by atoms with van der Waals surface area (Å²) in [5.74, 6) is 1.04. The molecule has 0 aliphatic heterocycles. The van der Waals surface area contributed by atoms with Gasteiger partial charge >= 0.3 is 0 Å². The number of nitrogens with one attached hydrogen (secondary N) is 1. The summed E-state index contributed by atoms with van der Waals surface area (Å²) in [5.41, 5.74) is 2.94. The highest BCUT2D eigenvalue weighted by atomic mass is 35.5. The molecule has 1 amide bonds. The van der Waals surface area contributed by atoms with Crippen LogP contribution in [0.4, 0.5) is 0 Å². The normalized spacial score (nSPS) is 10.9. The number of hydrogen-bond acceptors (Lipinski definition) is 6. The summed E-state index contributed by atoms with van der Waals surface area (Å²) < 4.78 is 15.7. The Labute approximate surface area is 141 Å². The highest BCUT2D eigenvalue weighted by molar-refractivity contribution is 6.30. The van der Waals surface area contributed by atoms with Gasteiger partial charge < -0.3 is 13.7 Å². The van der Waals surface area contributed by atoms with Crippen molar-refractivity contribution in [2.45, 2.75) is 0 Å². The minimum Gasteiger partial charge on any atom is -0.483 e. The Morgan fingerprint density at radius 1 is 1.38 bits per heavy atom. The monoisotopic (exact) mass is 345 g/mol. The molecule has 0 aliphatic carbocycles. The van der Waals surface area contributed by atoms with Crippen LogP contribution in [-0.2, 0) is 4.79 Å². The predicted octanol–water partition coefficient (Wildman–Crippen LogP) is 3.12. The molecule has 0 aliphatic rings. The lowest BCUT2D eigenvalue weighted by molar-refractivity contribution is -0.123. The first-order valence-electron chi connectivity index (χ1n) is 6.91. The first-order chi connectivity index (χ1) is 11.7. The van der Waals surface area contributed by atoms with E-state index in [2.05, 4.69) is 15.7 Å². The summed E-state index contributed by atoms with van der Waals surface area (Å²) in [7, 11) is 0. The molecule has 0 fully saturated rings. The largest absolute Gasteiger partial charge is 0.483 e. The van der Waals surface area contributed by atoms with Gasteiger partial charge in [0.1, 0.15) is 11.5 Å². The maximum atomic E-state index is 11.8. The molecular weight excluding hydrogens is 334 g/mol. The zero-order valence-electron chi connectivity index (χ0n) is 12.3. The van der Waals surface area contributed by atoms with E-state index in [4.69, 9.17) is 25.3 Å². The topological polar surface area (TPSA) is 89.9 Å². The zero-order valence-corrected chi connectivity index (χ0v) is 13.1. The van der Waals surface area contributed by atoms with Crippen molar-refractivity contribution < 1.29 is 18.5 Å². The minimum absolute atomic E-state index is 0.224. The number of ether oxygens (including phenoxy) is 1. The highest BCUT2D eigenvalue weighted by Gasteiger charge is 2.12. The summed E-state index contributed by atoms with van der Waals surface area (Å²) >= 11 is 5.99. The van der Waals surface area contributed by atoms with Crippen molar-refractivity contribution in [2.24, 2.45) is 5.10 Å². The molecule has 0 saturated heterocycles. The van der Waals surface area contributed by atoms with Gasteiger partial charge in [-0.3, -0.25) is 4.79 Å². The number of nitrogens with zero attached hydrogens (tertiary/aromatic N) is 2. The number of furan rings is 1. The molecule has 2 heterocycles. The van der Waals surface area contributed by atoms with Gasteiger partial charge in [0.05, 0.1) is 24.2 Å². The molecule has 0 saturated carbocycles. The number of hydrogen-bond donors (Lipinski definition) is 1. The number of carbonyl (C=O) groups is 1. The molecule has 0 radical (unpaired) electrons. The van der Waals surface area contributed by atoms with Crippen molar-refractivity contribution in [1.29, 1.82) is 0 Å². The molecule has 0 unspecified atom stereocenters. The zero-order chi connectivity index (χ0) is 16.8. The van der Waals surface area contributed by atoms with Crippen molar-refractivity contribution in [2.75, 3.05) is 6.61 Å². The predicted molar refractivity (Wildman–Crippen MR) is 86.9 cm³/mol. The van der Waals surface area contributed by atoms with Crippen LogP contribution in [0.25, 0.3) is 11.3 Å². The molecule has 0 spiro atoms. The fourth-order valence-corrected chi connectivity index (χ4v) is 2.06. The highest BCUT2D eigenvalue weighted by Crippen LogP contribution is 2.32. The number of hydrazone groups is 1. The Hall–Kier alpha value is -3.06. The van der Waals surface area contributed by atoms with E-state index in [0.717, 1.165) is 0 Å². The number of halogens is 1. The van der Waals surface area contributed by atoms with Crippen LogP contribution >= 0.6 is 11.6 Å². The van der Waals surface area contributed by atoms with E-state index < -0.39 is 5.91 Å². The lowest BCUT2D eigenvalue weighted by Crippen LogP contribution is -2.24. The van der Waals surface area contributed by atoms with Crippen LogP contribution in [0.5, 0.6) is 5.75 Å². The Morgan fingerprint density at radius 2 is 2.29 bits per heavy atom. The minimum atomic E-state index is -0.420. The number of aromatic nitrogens is 1. The van der Waals surface area contributed by atoms with E-state index in [1.807, 2.05) is 0 Å².